The number of amides is 1. The monoisotopic (exact) mass is 523 g/mol. The van der Waals surface area contributed by atoms with Crippen molar-refractivity contribution in [2.75, 3.05) is 37.6 Å². The Labute approximate surface area is 218 Å². The molecule has 36 heavy (non-hydrogen) atoms. The summed E-state index contributed by atoms with van der Waals surface area (Å²) in [5.74, 6) is 0.0640. The Morgan fingerprint density at radius 3 is 2.22 bits per heavy atom. The number of piperazine rings is 1. The SMILES string of the molecule is CCC(=O)N1CCc2cc(S(=O)(=O)N3CCN([C@@H](c4ccccc4)c4ccc(Cl)cc4)CC3)ccc21. The number of anilines is 1. The van der Waals surface area contributed by atoms with E-state index in [9.17, 15) is 13.2 Å². The molecule has 1 saturated heterocycles. The topological polar surface area (TPSA) is 60.9 Å². The summed E-state index contributed by atoms with van der Waals surface area (Å²) < 4.78 is 28.6. The molecule has 188 valence electrons. The summed E-state index contributed by atoms with van der Waals surface area (Å²) >= 11 is 6.14. The van der Waals surface area contributed by atoms with Gasteiger partial charge >= 0.3 is 0 Å². The number of benzene rings is 3. The molecule has 3 aromatic carbocycles. The normalized spacial score (nSPS) is 17.7. The predicted molar refractivity (Wildman–Crippen MR) is 143 cm³/mol. The molecule has 1 amide bonds. The van der Waals surface area contributed by atoms with Crippen LogP contribution >= 0.6 is 11.6 Å². The molecule has 0 unspecified atom stereocenters. The van der Waals surface area contributed by atoms with Gasteiger partial charge in [0.05, 0.1) is 10.9 Å². The van der Waals surface area contributed by atoms with Crippen LogP contribution in [0.25, 0.3) is 0 Å². The van der Waals surface area contributed by atoms with Gasteiger partial charge in [0, 0.05) is 49.9 Å². The lowest BCUT2D eigenvalue weighted by molar-refractivity contribution is -0.118. The maximum Gasteiger partial charge on any atom is 0.243 e. The number of rotatable bonds is 6. The van der Waals surface area contributed by atoms with Gasteiger partial charge in [-0.15, -0.1) is 0 Å². The highest BCUT2D eigenvalue weighted by molar-refractivity contribution is 7.89. The smallest absolute Gasteiger partial charge is 0.243 e. The fourth-order valence-electron chi connectivity index (χ4n) is 5.23. The van der Waals surface area contributed by atoms with Crippen LogP contribution in [0.4, 0.5) is 5.69 Å². The second-order valence-corrected chi connectivity index (χ2v) is 11.6. The first-order chi connectivity index (χ1) is 17.4. The summed E-state index contributed by atoms with van der Waals surface area (Å²) in [7, 11) is -3.63. The maximum atomic E-state index is 13.5. The summed E-state index contributed by atoms with van der Waals surface area (Å²) in [6.45, 7) is 4.51. The van der Waals surface area contributed by atoms with Crippen LogP contribution in [0.3, 0.4) is 0 Å². The minimum atomic E-state index is -3.63. The second-order valence-electron chi connectivity index (χ2n) is 9.24. The van der Waals surface area contributed by atoms with Gasteiger partial charge in [0.2, 0.25) is 15.9 Å². The highest BCUT2D eigenvalue weighted by Crippen LogP contribution is 2.34. The Hall–Kier alpha value is -2.71. The minimum absolute atomic E-state index is 0.0235. The van der Waals surface area contributed by atoms with Crippen LogP contribution in [0, 0.1) is 0 Å². The van der Waals surface area contributed by atoms with Gasteiger partial charge in [0.1, 0.15) is 0 Å². The molecular formula is C28H30ClN3O3S. The maximum absolute atomic E-state index is 13.5. The molecule has 3 aromatic rings. The number of hydrogen-bond donors (Lipinski definition) is 0. The van der Waals surface area contributed by atoms with E-state index in [1.165, 1.54) is 5.56 Å². The molecule has 0 spiro atoms. The van der Waals surface area contributed by atoms with Crippen molar-refractivity contribution in [1.29, 1.82) is 0 Å². The van der Waals surface area contributed by atoms with Crippen LogP contribution in [0.1, 0.15) is 36.1 Å². The van der Waals surface area contributed by atoms with Gasteiger partial charge in [-0.25, -0.2) is 8.42 Å². The van der Waals surface area contributed by atoms with E-state index in [2.05, 4.69) is 17.0 Å². The molecular weight excluding hydrogens is 494 g/mol. The quantitative estimate of drug-likeness (QED) is 0.468. The van der Waals surface area contributed by atoms with Crippen LogP contribution in [-0.4, -0.2) is 56.3 Å². The molecule has 2 heterocycles. The third kappa shape index (κ3) is 4.81. The number of carbonyl (C=O) groups excluding carboxylic acids is 1. The predicted octanol–water partition coefficient (Wildman–Crippen LogP) is 4.74. The molecule has 0 saturated carbocycles. The van der Waals surface area contributed by atoms with E-state index in [1.807, 2.05) is 49.4 Å². The molecule has 0 aliphatic carbocycles. The Morgan fingerprint density at radius 1 is 0.889 bits per heavy atom. The largest absolute Gasteiger partial charge is 0.312 e. The Morgan fingerprint density at radius 2 is 1.56 bits per heavy atom. The van der Waals surface area contributed by atoms with E-state index in [4.69, 9.17) is 11.6 Å². The van der Waals surface area contributed by atoms with Gasteiger partial charge in [-0.2, -0.15) is 4.31 Å². The fourth-order valence-corrected chi connectivity index (χ4v) is 6.83. The van der Waals surface area contributed by atoms with Crippen molar-refractivity contribution in [2.45, 2.75) is 30.7 Å². The van der Waals surface area contributed by atoms with Crippen LogP contribution in [0.15, 0.2) is 77.7 Å². The van der Waals surface area contributed by atoms with Crippen LogP contribution in [-0.2, 0) is 21.2 Å². The third-order valence-electron chi connectivity index (χ3n) is 7.13. The van der Waals surface area contributed by atoms with Crippen LogP contribution in [0.2, 0.25) is 5.02 Å². The molecule has 0 radical (unpaired) electrons. The molecule has 6 nitrogen and oxygen atoms in total. The molecule has 0 bridgehead atoms. The average Bonchev–Trinajstić information content (AvgIpc) is 3.34. The van der Waals surface area contributed by atoms with E-state index in [-0.39, 0.29) is 11.9 Å². The van der Waals surface area contributed by atoms with Crippen molar-refractivity contribution in [3.63, 3.8) is 0 Å². The zero-order chi connectivity index (χ0) is 25.3. The number of halogens is 1. The summed E-state index contributed by atoms with van der Waals surface area (Å²) in [5.41, 5.74) is 4.05. The van der Waals surface area contributed by atoms with Gasteiger partial charge in [0.15, 0.2) is 0 Å². The van der Waals surface area contributed by atoms with Gasteiger partial charge in [-0.1, -0.05) is 61.0 Å². The molecule has 1 atom stereocenters. The van der Waals surface area contributed by atoms with E-state index in [0.29, 0.717) is 55.5 Å². The summed E-state index contributed by atoms with van der Waals surface area (Å²) in [6, 6.07) is 23.4. The lowest BCUT2D eigenvalue weighted by atomic mass is 9.96. The molecule has 2 aliphatic rings. The van der Waals surface area contributed by atoms with Gasteiger partial charge in [0.25, 0.3) is 0 Å². The zero-order valence-corrected chi connectivity index (χ0v) is 21.9. The number of sulfonamides is 1. The Bertz CT molecular complexity index is 1340. The van der Waals surface area contributed by atoms with Crippen molar-refractivity contribution >= 4 is 33.2 Å². The third-order valence-corrected chi connectivity index (χ3v) is 9.27. The van der Waals surface area contributed by atoms with Crippen molar-refractivity contribution < 1.29 is 13.2 Å². The summed E-state index contributed by atoms with van der Waals surface area (Å²) in [6.07, 6.45) is 1.11. The van der Waals surface area contributed by atoms with Crippen molar-refractivity contribution in [2.24, 2.45) is 0 Å². The molecule has 0 aromatic heterocycles. The standard InChI is InChI=1S/C28H30ClN3O3S/c1-2-27(33)32-15-14-23-20-25(12-13-26(23)32)36(34,35)31-18-16-30(17-19-31)28(21-6-4-3-5-7-21)22-8-10-24(29)11-9-22/h3-13,20,28H,2,14-19H2,1H3/t28-/m0/s1. The van der Waals surface area contributed by atoms with Crippen molar-refractivity contribution in [3.8, 4) is 0 Å². The highest BCUT2D eigenvalue weighted by atomic mass is 35.5. The van der Waals surface area contributed by atoms with Crippen molar-refractivity contribution in [1.82, 2.24) is 9.21 Å². The van der Waals surface area contributed by atoms with Gasteiger partial charge in [-0.3, -0.25) is 9.69 Å². The molecule has 8 heteroatoms. The lowest BCUT2D eigenvalue weighted by Crippen LogP contribution is -2.49. The lowest BCUT2D eigenvalue weighted by Gasteiger charge is -2.39. The first kappa shape index (κ1) is 25.0. The summed E-state index contributed by atoms with van der Waals surface area (Å²) in [4.78, 5) is 16.6. The molecule has 5 rings (SSSR count). The van der Waals surface area contributed by atoms with E-state index >= 15 is 0 Å². The van der Waals surface area contributed by atoms with Crippen LogP contribution in [0.5, 0.6) is 0 Å². The number of fused-ring (bicyclic) bond motifs is 1. The Balaban J connectivity index is 1.34. The van der Waals surface area contributed by atoms with E-state index in [0.717, 1.165) is 16.8 Å². The molecule has 2 aliphatic heterocycles. The Kier molecular flexibility index (Phi) is 7.17. The van der Waals surface area contributed by atoms with Gasteiger partial charge in [-0.05, 0) is 53.4 Å². The highest BCUT2D eigenvalue weighted by Gasteiger charge is 2.33. The average molecular weight is 524 g/mol. The fraction of sp³-hybridized carbons (Fsp3) is 0.321. The first-order valence-corrected chi connectivity index (χ1v) is 14.2. The number of nitrogens with zero attached hydrogens (tertiary/aromatic N) is 3. The zero-order valence-electron chi connectivity index (χ0n) is 20.3. The van der Waals surface area contributed by atoms with E-state index in [1.54, 1.807) is 27.4 Å². The summed E-state index contributed by atoms with van der Waals surface area (Å²) in [5, 5.41) is 0.693. The van der Waals surface area contributed by atoms with Crippen LogP contribution < -0.4 is 4.90 Å². The first-order valence-electron chi connectivity index (χ1n) is 12.4. The molecule has 0 N–H and O–H groups in total. The van der Waals surface area contributed by atoms with Gasteiger partial charge < -0.3 is 4.90 Å². The van der Waals surface area contributed by atoms with Crippen molar-refractivity contribution in [3.05, 3.63) is 94.5 Å². The van der Waals surface area contributed by atoms with E-state index < -0.39 is 10.0 Å². The minimum Gasteiger partial charge on any atom is -0.312 e. The molecule has 1 fully saturated rings. The second kappa shape index (κ2) is 10.3. The number of carbonyl (C=O) groups is 1. The number of hydrogen-bond acceptors (Lipinski definition) is 4.